The fourth-order valence-electron chi connectivity index (χ4n) is 2.22. The molecule has 3 aromatic heterocycles. The summed E-state index contributed by atoms with van der Waals surface area (Å²) in [5, 5.41) is 2.69. The maximum atomic E-state index is 14.2. The van der Waals surface area contributed by atoms with Gasteiger partial charge < -0.3 is 5.32 Å². The molecule has 0 saturated heterocycles. The topological polar surface area (TPSA) is 59.3 Å². The highest BCUT2D eigenvalue weighted by molar-refractivity contribution is 5.93. The van der Waals surface area contributed by atoms with Crippen molar-refractivity contribution in [2.24, 2.45) is 0 Å². The van der Waals surface area contributed by atoms with E-state index in [1.165, 1.54) is 4.40 Å². The maximum absolute atomic E-state index is 14.2. The molecule has 0 unspecified atom stereocenters. The number of hydrogen-bond donors (Lipinski definition) is 1. The lowest BCUT2D eigenvalue weighted by atomic mass is 10.1. The Balaban J connectivity index is 1.83. The first-order valence-corrected chi connectivity index (χ1v) is 6.88. The number of hydrogen-bond acceptors (Lipinski definition) is 3. The molecule has 0 bridgehead atoms. The number of aryl methyl sites for hydroxylation is 2. The molecule has 3 aromatic rings. The van der Waals surface area contributed by atoms with Gasteiger partial charge in [-0.1, -0.05) is 0 Å². The minimum Gasteiger partial charge on any atom is -0.346 e. The zero-order valence-electron chi connectivity index (χ0n) is 12.3. The van der Waals surface area contributed by atoms with Crippen LogP contribution in [0.5, 0.6) is 0 Å². The van der Waals surface area contributed by atoms with Crippen LogP contribution in [0.25, 0.3) is 5.65 Å². The zero-order valence-corrected chi connectivity index (χ0v) is 12.3. The number of carbonyl (C=O) groups is 1. The van der Waals surface area contributed by atoms with Crippen LogP contribution >= 0.6 is 0 Å². The van der Waals surface area contributed by atoms with Gasteiger partial charge in [-0.25, -0.2) is 4.98 Å². The standard InChI is InChI=1S/C16H15FN4O/c1-10-4-6-21-13(7-10)20-14(15(21)17)16(22)19-9-12-3-5-18-8-11(12)2/h3-8H,9H2,1-2H3,(H,19,22). The van der Waals surface area contributed by atoms with Crippen LogP contribution < -0.4 is 5.32 Å². The minimum absolute atomic E-state index is 0.197. The van der Waals surface area contributed by atoms with Crippen molar-refractivity contribution in [2.45, 2.75) is 20.4 Å². The van der Waals surface area contributed by atoms with E-state index in [1.54, 1.807) is 30.7 Å². The summed E-state index contributed by atoms with van der Waals surface area (Å²) in [5.74, 6) is -1.19. The Bertz CT molecular complexity index is 856. The number of nitrogens with one attached hydrogen (secondary N) is 1. The highest BCUT2D eigenvalue weighted by Crippen LogP contribution is 2.13. The number of rotatable bonds is 3. The molecule has 0 radical (unpaired) electrons. The smallest absolute Gasteiger partial charge is 0.274 e. The number of pyridine rings is 2. The number of carbonyl (C=O) groups excluding carboxylic acids is 1. The van der Waals surface area contributed by atoms with E-state index in [2.05, 4.69) is 15.3 Å². The molecule has 0 aromatic carbocycles. The molecular weight excluding hydrogens is 283 g/mol. The molecule has 3 rings (SSSR count). The third-order valence-corrected chi connectivity index (χ3v) is 3.51. The largest absolute Gasteiger partial charge is 0.346 e. The Hall–Kier alpha value is -2.76. The summed E-state index contributed by atoms with van der Waals surface area (Å²) < 4.78 is 15.5. The first kappa shape index (κ1) is 14.2. The van der Waals surface area contributed by atoms with Gasteiger partial charge in [0.15, 0.2) is 5.69 Å². The van der Waals surface area contributed by atoms with Crippen LogP contribution in [0.3, 0.4) is 0 Å². The van der Waals surface area contributed by atoms with Crippen LogP contribution in [-0.2, 0) is 6.54 Å². The van der Waals surface area contributed by atoms with Crippen molar-refractivity contribution in [1.82, 2.24) is 19.7 Å². The van der Waals surface area contributed by atoms with Crippen molar-refractivity contribution in [3.63, 3.8) is 0 Å². The van der Waals surface area contributed by atoms with Crippen molar-refractivity contribution in [1.29, 1.82) is 0 Å². The van der Waals surface area contributed by atoms with Gasteiger partial charge in [0.2, 0.25) is 5.95 Å². The number of aromatic nitrogens is 3. The van der Waals surface area contributed by atoms with Crippen LogP contribution in [0.1, 0.15) is 27.2 Å². The zero-order chi connectivity index (χ0) is 15.7. The fourth-order valence-corrected chi connectivity index (χ4v) is 2.22. The number of amides is 1. The van der Waals surface area contributed by atoms with E-state index < -0.39 is 11.9 Å². The molecule has 22 heavy (non-hydrogen) atoms. The van der Waals surface area contributed by atoms with Crippen molar-refractivity contribution in [3.05, 3.63) is 65.1 Å². The Labute approximate surface area is 126 Å². The van der Waals surface area contributed by atoms with E-state index in [4.69, 9.17) is 0 Å². The Morgan fingerprint density at radius 3 is 2.95 bits per heavy atom. The van der Waals surface area contributed by atoms with E-state index in [0.29, 0.717) is 12.2 Å². The molecule has 112 valence electrons. The number of halogens is 1. The van der Waals surface area contributed by atoms with Gasteiger partial charge in [-0.3, -0.25) is 14.2 Å². The van der Waals surface area contributed by atoms with Crippen LogP contribution in [0, 0.1) is 19.8 Å². The van der Waals surface area contributed by atoms with Crippen molar-refractivity contribution >= 4 is 11.6 Å². The van der Waals surface area contributed by atoms with Crippen molar-refractivity contribution in [3.8, 4) is 0 Å². The van der Waals surface area contributed by atoms with Crippen molar-refractivity contribution < 1.29 is 9.18 Å². The van der Waals surface area contributed by atoms with E-state index in [-0.39, 0.29) is 5.69 Å². The molecule has 0 atom stereocenters. The number of nitrogens with zero attached hydrogens (tertiary/aromatic N) is 3. The van der Waals surface area contributed by atoms with Gasteiger partial charge in [0.1, 0.15) is 5.65 Å². The van der Waals surface area contributed by atoms with Crippen LogP contribution in [0.2, 0.25) is 0 Å². The molecule has 0 aliphatic rings. The molecule has 6 heteroatoms. The normalized spacial score (nSPS) is 10.9. The van der Waals surface area contributed by atoms with Gasteiger partial charge in [0, 0.05) is 25.1 Å². The predicted octanol–water partition coefficient (Wildman–Crippen LogP) is 2.42. The Morgan fingerprint density at radius 1 is 1.36 bits per heavy atom. The van der Waals surface area contributed by atoms with E-state index in [1.807, 2.05) is 19.9 Å². The molecule has 0 fully saturated rings. The summed E-state index contributed by atoms with van der Waals surface area (Å²) in [4.78, 5) is 20.2. The lowest BCUT2D eigenvalue weighted by Gasteiger charge is -2.06. The molecule has 0 saturated carbocycles. The van der Waals surface area contributed by atoms with Gasteiger partial charge in [0.05, 0.1) is 0 Å². The van der Waals surface area contributed by atoms with Crippen LogP contribution in [0.4, 0.5) is 4.39 Å². The monoisotopic (exact) mass is 298 g/mol. The highest BCUT2D eigenvalue weighted by Gasteiger charge is 2.19. The summed E-state index contributed by atoms with van der Waals surface area (Å²) in [6, 6.07) is 5.31. The predicted molar refractivity (Wildman–Crippen MR) is 80.0 cm³/mol. The molecule has 0 spiro atoms. The molecule has 1 amide bonds. The first-order valence-electron chi connectivity index (χ1n) is 6.88. The molecule has 1 N–H and O–H groups in total. The number of imidazole rings is 1. The first-order chi connectivity index (χ1) is 10.6. The van der Waals surface area contributed by atoms with Gasteiger partial charge in [0.25, 0.3) is 5.91 Å². The molecule has 5 nitrogen and oxygen atoms in total. The van der Waals surface area contributed by atoms with Gasteiger partial charge in [-0.05, 0) is 48.7 Å². The third-order valence-electron chi connectivity index (χ3n) is 3.51. The Kier molecular flexibility index (Phi) is 3.58. The lowest BCUT2D eigenvalue weighted by molar-refractivity contribution is 0.0942. The van der Waals surface area contributed by atoms with E-state index in [0.717, 1.165) is 16.7 Å². The van der Waals surface area contributed by atoms with Gasteiger partial charge in [-0.15, -0.1) is 0 Å². The fraction of sp³-hybridized carbons (Fsp3) is 0.188. The third kappa shape index (κ3) is 2.55. The van der Waals surface area contributed by atoms with E-state index >= 15 is 0 Å². The van der Waals surface area contributed by atoms with Crippen LogP contribution in [0.15, 0.2) is 36.8 Å². The average Bonchev–Trinajstić information content (AvgIpc) is 2.82. The minimum atomic E-state index is -0.654. The second kappa shape index (κ2) is 5.55. The second-order valence-electron chi connectivity index (χ2n) is 5.17. The summed E-state index contributed by atoms with van der Waals surface area (Å²) in [5.41, 5.74) is 3.08. The lowest BCUT2D eigenvalue weighted by Crippen LogP contribution is -2.24. The van der Waals surface area contributed by atoms with Crippen molar-refractivity contribution in [2.75, 3.05) is 0 Å². The van der Waals surface area contributed by atoms with E-state index in [9.17, 15) is 9.18 Å². The molecule has 3 heterocycles. The molecular formula is C16H15FN4O. The average molecular weight is 298 g/mol. The second-order valence-corrected chi connectivity index (χ2v) is 5.17. The van der Waals surface area contributed by atoms with Gasteiger partial charge >= 0.3 is 0 Å². The quantitative estimate of drug-likeness (QED) is 0.808. The SMILES string of the molecule is Cc1ccn2c(F)c(C(=O)NCc3ccncc3C)nc2c1. The highest BCUT2D eigenvalue weighted by atomic mass is 19.1. The summed E-state index contributed by atoms with van der Waals surface area (Å²) in [6.07, 6.45) is 4.94. The van der Waals surface area contributed by atoms with Gasteiger partial charge in [-0.2, -0.15) is 4.39 Å². The summed E-state index contributed by atoms with van der Waals surface area (Å²) >= 11 is 0. The molecule has 0 aliphatic carbocycles. The Morgan fingerprint density at radius 2 is 2.18 bits per heavy atom. The summed E-state index contributed by atoms with van der Waals surface area (Å²) in [7, 11) is 0. The molecule has 0 aliphatic heterocycles. The number of fused-ring (bicyclic) bond motifs is 1. The summed E-state index contributed by atoms with van der Waals surface area (Å²) in [6.45, 7) is 4.10. The van der Waals surface area contributed by atoms with Crippen LogP contribution in [-0.4, -0.2) is 20.3 Å². The maximum Gasteiger partial charge on any atom is 0.274 e.